The average molecular weight is 311 g/mol. The lowest BCUT2D eigenvalue weighted by molar-refractivity contribution is -0.0750. The van der Waals surface area contributed by atoms with E-state index in [-0.39, 0.29) is 11.7 Å². The fraction of sp³-hybridized carbons (Fsp3) is 0.647. The van der Waals surface area contributed by atoms with Crippen LogP contribution in [0, 0.1) is 0 Å². The SMILES string of the molecule is CCCNCc1cc(Cl)ccc1N1CC(C)OC(C)(C)C1. The van der Waals surface area contributed by atoms with Gasteiger partial charge in [0.05, 0.1) is 11.7 Å². The topological polar surface area (TPSA) is 24.5 Å². The maximum Gasteiger partial charge on any atom is 0.0805 e. The number of nitrogens with one attached hydrogen (secondary N) is 1. The molecule has 0 spiro atoms. The predicted octanol–water partition coefficient (Wildman–Crippen LogP) is 3.84. The van der Waals surface area contributed by atoms with Crippen LogP contribution in [0.4, 0.5) is 5.69 Å². The van der Waals surface area contributed by atoms with Crippen LogP contribution in [0.2, 0.25) is 5.02 Å². The van der Waals surface area contributed by atoms with Crippen LogP contribution >= 0.6 is 11.6 Å². The lowest BCUT2D eigenvalue weighted by atomic mass is 10.0. The molecule has 1 N–H and O–H groups in total. The summed E-state index contributed by atoms with van der Waals surface area (Å²) in [7, 11) is 0. The van der Waals surface area contributed by atoms with E-state index in [1.807, 2.05) is 6.07 Å². The first-order valence-electron chi connectivity index (χ1n) is 7.83. The van der Waals surface area contributed by atoms with Crippen molar-refractivity contribution in [1.29, 1.82) is 0 Å². The minimum Gasteiger partial charge on any atom is -0.369 e. The lowest BCUT2D eigenvalue weighted by Crippen LogP contribution is -2.52. The molecular weight excluding hydrogens is 284 g/mol. The highest BCUT2D eigenvalue weighted by Gasteiger charge is 2.32. The van der Waals surface area contributed by atoms with Gasteiger partial charge in [-0.15, -0.1) is 0 Å². The molecule has 4 heteroatoms. The van der Waals surface area contributed by atoms with Crippen molar-refractivity contribution in [3.63, 3.8) is 0 Å². The number of benzene rings is 1. The Kier molecular flexibility index (Phi) is 5.53. The van der Waals surface area contributed by atoms with Gasteiger partial charge in [0.25, 0.3) is 0 Å². The summed E-state index contributed by atoms with van der Waals surface area (Å²) in [6, 6.07) is 6.19. The van der Waals surface area contributed by atoms with Crippen molar-refractivity contribution < 1.29 is 4.74 Å². The van der Waals surface area contributed by atoms with E-state index in [4.69, 9.17) is 16.3 Å². The first kappa shape index (κ1) is 16.6. The molecule has 1 unspecified atom stereocenters. The molecule has 1 aliphatic rings. The molecule has 1 aliphatic heterocycles. The van der Waals surface area contributed by atoms with Gasteiger partial charge in [-0.25, -0.2) is 0 Å². The number of nitrogens with zero attached hydrogens (tertiary/aromatic N) is 1. The number of ether oxygens (including phenoxy) is 1. The van der Waals surface area contributed by atoms with E-state index < -0.39 is 0 Å². The van der Waals surface area contributed by atoms with Crippen LogP contribution < -0.4 is 10.2 Å². The summed E-state index contributed by atoms with van der Waals surface area (Å²) in [4.78, 5) is 2.42. The number of halogens is 1. The van der Waals surface area contributed by atoms with Gasteiger partial charge in [0, 0.05) is 30.3 Å². The molecule has 118 valence electrons. The molecule has 1 atom stereocenters. The van der Waals surface area contributed by atoms with Gasteiger partial charge < -0.3 is 15.0 Å². The predicted molar refractivity (Wildman–Crippen MR) is 90.3 cm³/mol. The number of hydrogen-bond acceptors (Lipinski definition) is 3. The smallest absolute Gasteiger partial charge is 0.0805 e. The van der Waals surface area contributed by atoms with Gasteiger partial charge >= 0.3 is 0 Å². The van der Waals surface area contributed by atoms with Crippen molar-refractivity contribution in [2.45, 2.75) is 52.4 Å². The highest BCUT2D eigenvalue weighted by atomic mass is 35.5. The molecule has 0 radical (unpaired) electrons. The largest absolute Gasteiger partial charge is 0.369 e. The van der Waals surface area contributed by atoms with Gasteiger partial charge in [0.2, 0.25) is 0 Å². The zero-order chi connectivity index (χ0) is 15.5. The van der Waals surface area contributed by atoms with Crippen LogP contribution in [-0.4, -0.2) is 31.3 Å². The van der Waals surface area contributed by atoms with Gasteiger partial charge in [0.15, 0.2) is 0 Å². The molecule has 2 rings (SSSR count). The Bertz CT molecular complexity index is 476. The van der Waals surface area contributed by atoms with Crippen LogP contribution in [0.3, 0.4) is 0 Å². The first-order chi connectivity index (χ1) is 9.91. The minimum absolute atomic E-state index is 0.120. The van der Waals surface area contributed by atoms with Crippen molar-refractivity contribution in [1.82, 2.24) is 5.32 Å². The second kappa shape index (κ2) is 6.99. The Morgan fingerprint density at radius 1 is 1.43 bits per heavy atom. The summed E-state index contributed by atoms with van der Waals surface area (Å²) in [6.45, 7) is 12.3. The highest BCUT2D eigenvalue weighted by Crippen LogP contribution is 2.30. The summed E-state index contributed by atoms with van der Waals surface area (Å²) < 4.78 is 6.00. The Morgan fingerprint density at radius 3 is 2.86 bits per heavy atom. The number of morpholine rings is 1. The van der Waals surface area contributed by atoms with Crippen molar-refractivity contribution in [3.05, 3.63) is 28.8 Å². The van der Waals surface area contributed by atoms with Crippen LogP contribution in [0.5, 0.6) is 0 Å². The van der Waals surface area contributed by atoms with Gasteiger partial charge in [-0.2, -0.15) is 0 Å². The standard InChI is InChI=1S/C17H27ClN2O/c1-5-8-19-10-14-9-15(18)6-7-16(14)20-11-13(2)21-17(3,4)12-20/h6-7,9,13,19H,5,8,10-12H2,1-4H3. The molecule has 0 saturated carbocycles. The molecule has 3 nitrogen and oxygen atoms in total. The Balaban J connectivity index is 2.21. The molecule has 1 heterocycles. The van der Waals surface area contributed by atoms with Crippen LogP contribution in [0.15, 0.2) is 18.2 Å². The fourth-order valence-corrected chi connectivity index (χ4v) is 3.24. The summed E-state index contributed by atoms with van der Waals surface area (Å²) in [5.41, 5.74) is 2.41. The number of anilines is 1. The summed E-state index contributed by atoms with van der Waals surface area (Å²) in [6.07, 6.45) is 1.37. The maximum atomic E-state index is 6.18. The molecule has 1 aromatic rings. The van der Waals surface area contributed by atoms with Crippen molar-refractivity contribution in [3.8, 4) is 0 Å². The minimum atomic E-state index is -0.120. The summed E-state index contributed by atoms with van der Waals surface area (Å²) in [5.74, 6) is 0. The van der Waals surface area contributed by atoms with Crippen molar-refractivity contribution in [2.75, 3.05) is 24.5 Å². The second-order valence-corrected chi connectivity index (χ2v) is 6.95. The Morgan fingerprint density at radius 2 is 2.19 bits per heavy atom. The van der Waals surface area contributed by atoms with E-state index in [0.717, 1.165) is 37.6 Å². The highest BCUT2D eigenvalue weighted by molar-refractivity contribution is 6.30. The summed E-state index contributed by atoms with van der Waals surface area (Å²) in [5, 5.41) is 4.27. The van der Waals surface area contributed by atoms with Gasteiger partial charge in [0.1, 0.15) is 0 Å². The normalized spacial score (nSPS) is 21.6. The van der Waals surface area contributed by atoms with E-state index in [1.54, 1.807) is 0 Å². The van der Waals surface area contributed by atoms with E-state index >= 15 is 0 Å². The zero-order valence-corrected chi connectivity index (χ0v) is 14.3. The zero-order valence-electron chi connectivity index (χ0n) is 13.6. The van der Waals surface area contributed by atoms with Gasteiger partial charge in [-0.1, -0.05) is 18.5 Å². The molecule has 0 aliphatic carbocycles. The van der Waals surface area contributed by atoms with Crippen LogP contribution in [0.25, 0.3) is 0 Å². The van der Waals surface area contributed by atoms with Crippen LogP contribution in [-0.2, 0) is 11.3 Å². The quantitative estimate of drug-likeness (QED) is 0.836. The average Bonchev–Trinajstić information content (AvgIpc) is 2.36. The van der Waals surface area contributed by atoms with Crippen molar-refractivity contribution >= 4 is 17.3 Å². The Labute approximate surface area is 133 Å². The third kappa shape index (κ3) is 4.60. The monoisotopic (exact) mass is 310 g/mol. The first-order valence-corrected chi connectivity index (χ1v) is 8.21. The third-order valence-electron chi connectivity index (χ3n) is 3.69. The van der Waals surface area contributed by atoms with Gasteiger partial charge in [-0.3, -0.25) is 0 Å². The van der Waals surface area contributed by atoms with Crippen LogP contribution in [0.1, 0.15) is 39.7 Å². The molecule has 0 amide bonds. The summed E-state index contributed by atoms with van der Waals surface area (Å²) >= 11 is 6.18. The lowest BCUT2D eigenvalue weighted by Gasteiger charge is -2.43. The maximum absolute atomic E-state index is 6.18. The molecule has 1 saturated heterocycles. The fourth-order valence-electron chi connectivity index (χ4n) is 3.04. The number of hydrogen-bond donors (Lipinski definition) is 1. The van der Waals surface area contributed by atoms with E-state index in [1.165, 1.54) is 11.3 Å². The van der Waals surface area contributed by atoms with Crippen molar-refractivity contribution in [2.24, 2.45) is 0 Å². The Hall–Kier alpha value is -0.770. The third-order valence-corrected chi connectivity index (χ3v) is 3.93. The molecule has 1 aromatic carbocycles. The molecule has 1 fully saturated rings. The van der Waals surface area contributed by atoms with Gasteiger partial charge in [-0.05, 0) is 57.5 Å². The molecular formula is C17H27ClN2O. The molecule has 0 aromatic heterocycles. The molecule has 21 heavy (non-hydrogen) atoms. The molecule has 0 bridgehead atoms. The number of rotatable bonds is 5. The van der Waals surface area contributed by atoms with E-state index in [2.05, 4.69) is 50.0 Å². The second-order valence-electron chi connectivity index (χ2n) is 6.52. The van der Waals surface area contributed by atoms with E-state index in [0.29, 0.717) is 0 Å². The van der Waals surface area contributed by atoms with E-state index in [9.17, 15) is 0 Å².